The van der Waals surface area contributed by atoms with Crippen LogP contribution in [0.25, 0.3) is 0 Å². The van der Waals surface area contributed by atoms with Crippen LogP contribution in [0.1, 0.15) is 0 Å². The minimum absolute atomic E-state index is 0.858. The van der Waals surface area contributed by atoms with Crippen molar-refractivity contribution >= 4 is 23.5 Å². The summed E-state index contributed by atoms with van der Waals surface area (Å²) in [6.07, 6.45) is 0. The number of hydrogen-bond donors (Lipinski definition) is 0. The maximum Gasteiger partial charge on any atom is 0.118 e. The van der Waals surface area contributed by atoms with E-state index in [0.717, 1.165) is 31.3 Å². The molecule has 3 aromatic rings. The van der Waals surface area contributed by atoms with Crippen molar-refractivity contribution in [2.24, 2.45) is 0 Å². The molecule has 0 aliphatic rings. The standard InChI is InChI=1S/C19H17NO2S2/c1-21-14-6-10-16(11-7-14)23-18-4-3-5-19(20-18)24-17-12-8-15(22-2)9-13-17/h3-13H,1-2H3. The van der Waals surface area contributed by atoms with Crippen LogP contribution in [0, 0.1) is 0 Å². The van der Waals surface area contributed by atoms with Crippen molar-refractivity contribution in [3.8, 4) is 11.5 Å². The van der Waals surface area contributed by atoms with E-state index in [1.54, 1.807) is 37.7 Å². The molecule has 0 amide bonds. The van der Waals surface area contributed by atoms with Gasteiger partial charge in [-0.25, -0.2) is 4.98 Å². The van der Waals surface area contributed by atoms with Gasteiger partial charge >= 0.3 is 0 Å². The summed E-state index contributed by atoms with van der Waals surface area (Å²) in [4.78, 5) is 6.98. The molecule has 0 N–H and O–H groups in total. The second-order valence-electron chi connectivity index (χ2n) is 4.87. The maximum absolute atomic E-state index is 5.18. The van der Waals surface area contributed by atoms with Crippen molar-refractivity contribution in [2.75, 3.05) is 14.2 Å². The van der Waals surface area contributed by atoms with Gasteiger partial charge in [0.25, 0.3) is 0 Å². The minimum Gasteiger partial charge on any atom is -0.497 e. The van der Waals surface area contributed by atoms with Crippen LogP contribution in [0.5, 0.6) is 11.5 Å². The molecule has 3 rings (SSSR count). The Morgan fingerprint density at radius 2 is 1.04 bits per heavy atom. The monoisotopic (exact) mass is 355 g/mol. The topological polar surface area (TPSA) is 31.4 Å². The smallest absolute Gasteiger partial charge is 0.118 e. The van der Waals surface area contributed by atoms with E-state index in [4.69, 9.17) is 14.5 Å². The van der Waals surface area contributed by atoms with Crippen LogP contribution in [0.15, 0.2) is 86.6 Å². The third kappa shape index (κ3) is 4.46. The van der Waals surface area contributed by atoms with Gasteiger partial charge in [0.1, 0.15) is 21.6 Å². The van der Waals surface area contributed by atoms with Gasteiger partial charge in [-0.3, -0.25) is 0 Å². The van der Waals surface area contributed by atoms with Gasteiger partial charge < -0.3 is 9.47 Å². The number of pyridine rings is 1. The zero-order chi connectivity index (χ0) is 16.8. The highest BCUT2D eigenvalue weighted by atomic mass is 32.2. The second kappa shape index (κ2) is 8.13. The molecule has 1 aromatic heterocycles. The van der Waals surface area contributed by atoms with Gasteiger partial charge in [-0.05, 0) is 60.7 Å². The van der Waals surface area contributed by atoms with E-state index in [1.165, 1.54) is 0 Å². The SMILES string of the molecule is COc1ccc(Sc2cccc(Sc3ccc(OC)cc3)n2)cc1. The molecule has 122 valence electrons. The van der Waals surface area contributed by atoms with Gasteiger partial charge in [-0.2, -0.15) is 0 Å². The fourth-order valence-electron chi connectivity index (χ4n) is 2.04. The fraction of sp³-hybridized carbons (Fsp3) is 0.105. The Morgan fingerprint density at radius 3 is 1.42 bits per heavy atom. The van der Waals surface area contributed by atoms with Gasteiger partial charge in [-0.15, -0.1) is 0 Å². The van der Waals surface area contributed by atoms with Crippen LogP contribution < -0.4 is 9.47 Å². The molecule has 0 aliphatic heterocycles. The molecule has 24 heavy (non-hydrogen) atoms. The molecule has 0 fully saturated rings. The van der Waals surface area contributed by atoms with E-state index in [1.807, 2.05) is 66.7 Å². The lowest BCUT2D eigenvalue weighted by molar-refractivity contribution is 0.414. The summed E-state index contributed by atoms with van der Waals surface area (Å²) in [5.41, 5.74) is 0. The second-order valence-corrected chi connectivity index (χ2v) is 7.06. The molecule has 0 spiro atoms. The Bertz CT molecular complexity index is 724. The maximum atomic E-state index is 5.18. The molecular weight excluding hydrogens is 338 g/mol. The van der Waals surface area contributed by atoms with Crippen molar-refractivity contribution in [3.63, 3.8) is 0 Å². The van der Waals surface area contributed by atoms with Crippen molar-refractivity contribution in [1.82, 2.24) is 4.98 Å². The molecule has 0 unspecified atom stereocenters. The van der Waals surface area contributed by atoms with E-state index in [-0.39, 0.29) is 0 Å². The van der Waals surface area contributed by atoms with Crippen LogP contribution in [0.2, 0.25) is 0 Å². The molecule has 0 radical (unpaired) electrons. The highest BCUT2D eigenvalue weighted by molar-refractivity contribution is 8.00. The molecule has 3 nitrogen and oxygen atoms in total. The summed E-state index contributed by atoms with van der Waals surface area (Å²) >= 11 is 3.28. The summed E-state index contributed by atoms with van der Waals surface area (Å²) < 4.78 is 10.4. The van der Waals surface area contributed by atoms with Gasteiger partial charge in [0, 0.05) is 9.79 Å². The van der Waals surface area contributed by atoms with Gasteiger partial charge in [0.2, 0.25) is 0 Å². The molecule has 0 saturated carbocycles. The predicted molar refractivity (Wildman–Crippen MR) is 98.5 cm³/mol. The Hall–Kier alpha value is -2.11. The summed E-state index contributed by atoms with van der Waals surface area (Å²) in [7, 11) is 3.34. The molecule has 5 heteroatoms. The molecule has 0 saturated heterocycles. The molecule has 2 aromatic carbocycles. The summed E-state index contributed by atoms with van der Waals surface area (Å²) in [5.74, 6) is 1.72. The van der Waals surface area contributed by atoms with Crippen molar-refractivity contribution < 1.29 is 9.47 Å². The Labute approximate surface area is 150 Å². The number of benzene rings is 2. The van der Waals surface area contributed by atoms with E-state index in [9.17, 15) is 0 Å². The van der Waals surface area contributed by atoms with Crippen molar-refractivity contribution in [3.05, 3.63) is 66.7 Å². The normalized spacial score (nSPS) is 10.4. The van der Waals surface area contributed by atoms with Crippen LogP contribution in [0.3, 0.4) is 0 Å². The number of nitrogens with zero attached hydrogens (tertiary/aromatic N) is 1. The number of aromatic nitrogens is 1. The number of hydrogen-bond acceptors (Lipinski definition) is 5. The van der Waals surface area contributed by atoms with E-state index >= 15 is 0 Å². The Balaban J connectivity index is 1.70. The van der Waals surface area contributed by atoms with Crippen LogP contribution >= 0.6 is 23.5 Å². The minimum atomic E-state index is 0.858. The van der Waals surface area contributed by atoms with Crippen molar-refractivity contribution in [2.45, 2.75) is 19.8 Å². The largest absolute Gasteiger partial charge is 0.497 e. The van der Waals surface area contributed by atoms with E-state index in [0.29, 0.717) is 0 Å². The lowest BCUT2D eigenvalue weighted by Crippen LogP contribution is -1.85. The van der Waals surface area contributed by atoms with Crippen molar-refractivity contribution in [1.29, 1.82) is 0 Å². The predicted octanol–water partition coefficient (Wildman–Crippen LogP) is 5.40. The first-order chi connectivity index (χ1) is 11.8. The first kappa shape index (κ1) is 16.7. The molecule has 0 aliphatic carbocycles. The lowest BCUT2D eigenvalue weighted by atomic mass is 10.3. The van der Waals surface area contributed by atoms with Gasteiger partial charge in [-0.1, -0.05) is 29.6 Å². The third-order valence-electron chi connectivity index (χ3n) is 3.26. The first-order valence-electron chi connectivity index (χ1n) is 7.38. The number of methoxy groups -OCH3 is 2. The molecular formula is C19H17NO2S2. The number of rotatable bonds is 6. The zero-order valence-electron chi connectivity index (χ0n) is 13.4. The molecule has 0 bridgehead atoms. The average molecular weight is 355 g/mol. The molecule has 0 atom stereocenters. The van der Waals surface area contributed by atoms with Crippen LogP contribution in [0.4, 0.5) is 0 Å². The Morgan fingerprint density at radius 1 is 0.625 bits per heavy atom. The zero-order valence-corrected chi connectivity index (χ0v) is 15.1. The van der Waals surface area contributed by atoms with Gasteiger partial charge in [0.15, 0.2) is 0 Å². The summed E-state index contributed by atoms with van der Waals surface area (Å²) in [6, 6.07) is 22.0. The van der Waals surface area contributed by atoms with E-state index < -0.39 is 0 Å². The van der Waals surface area contributed by atoms with Gasteiger partial charge in [0.05, 0.1) is 14.2 Å². The lowest BCUT2D eigenvalue weighted by Gasteiger charge is -2.06. The first-order valence-corrected chi connectivity index (χ1v) is 9.01. The highest BCUT2D eigenvalue weighted by Gasteiger charge is 2.04. The Kier molecular flexibility index (Phi) is 5.67. The third-order valence-corrected chi connectivity index (χ3v) is 5.15. The van der Waals surface area contributed by atoms with Crippen LogP contribution in [-0.4, -0.2) is 19.2 Å². The molecule has 1 heterocycles. The van der Waals surface area contributed by atoms with E-state index in [2.05, 4.69) is 0 Å². The van der Waals surface area contributed by atoms with Crippen LogP contribution in [-0.2, 0) is 0 Å². The fourth-order valence-corrected chi connectivity index (χ4v) is 3.70. The summed E-state index contributed by atoms with van der Waals surface area (Å²) in [5, 5.41) is 1.94. The quantitative estimate of drug-likeness (QED) is 0.591. The average Bonchev–Trinajstić information content (AvgIpc) is 2.63. The number of ether oxygens (including phenoxy) is 2. The summed E-state index contributed by atoms with van der Waals surface area (Å²) in [6.45, 7) is 0. The highest BCUT2D eigenvalue weighted by Crippen LogP contribution is 2.32.